The Bertz CT molecular complexity index is 941. The quantitative estimate of drug-likeness (QED) is 0.623. The van der Waals surface area contributed by atoms with Crippen LogP contribution in [-0.4, -0.2) is 54.2 Å². The fourth-order valence-corrected chi connectivity index (χ4v) is 4.62. The molecule has 2 aromatic rings. The van der Waals surface area contributed by atoms with Crippen LogP contribution in [0.15, 0.2) is 46.9 Å². The number of ether oxygens (including phenoxy) is 1. The summed E-state index contributed by atoms with van der Waals surface area (Å²) in [6.07, 6.45) is 3.35. The first-order chi connectivity index (χ1) is 15.1. The van der Waals surface area contributed by atoms with E-state index in [4.69, 9.17) is 4.74 Å². The summed E-state index contributed by atoms with van der Waals surface area (Å²) in [4.78, 5) is 28.8. The molecule has 0 N–H and O–H groups in total. The van der Waals surface area contributed by atoms with Gasteiger partial charge in [-0.15, -0.1) is 11.3 Å². The van der Waals surface area contributed by atoms with Gasteiger partial charge in [-0.2, -0.15) is 5.10 Å². The zero-order valence-corrected chi connectivity index (χ0v) is 18.3. The van der Waals surface area contributed by atoms with Crippen LogP contribution in [-0.2, 0) is 14.3 Å². The third-order valence-electron chi connectivity index (χ3n) is 5.88. The zero-order valence-electron chi connectivity index (χ0n) is 17.5. The topological polar surface area (TPSA) is 62.2 Å². The Morgan fingerprint density at radius 3 is 2.65 bits per heavy atom. The van der Waals surface area contributed by atoms with E-state index < -0.39 is 0 Å². The number of thiophene rings is 1. The molecule has 4 rings (SSSR count). The first-order valence-corrected chi connectivity index (χ1v) is 11.4. The summed E-state index contributed by atoms with van der Waals surface area (Å²) in [5.41, 5.74) is 1.64. The highest BCUT2D eigenvalue weighted by atomic mass is 32.1. The molecule has 0 radical (unpaired) electrons. The van der Waals surface area contributed by atoms with Crippen molar-refractivity contribution in [3.8, 4) is 0 Å². The molecule has 0 spiro atoms. The first kappa shape index (κ1) is 21.6. The molecule has 164 valence electrons. The van der Waals surface area contributed by atoms with Crippen molar-refractivity contribution in [1.82, 2.24) is 9.91 Å². The molecule has 1 aliphatic carbocycles. The largest absolute Gasteiger partial charge is 0.383 e. The molecule has 1 aliphatic heterocycles. The van der Waals surface area contributed by atoms with E-state index in [1.54, 1.807) is 35.5 Å². The van der Waals surface area contributed by atoms with E-state index in [2.05, 4.69) is 5.10 Å². The number of benzene rings is 1. The molecule has 0 bridgehead atoms. The summed E-state index contributed by atoms with van der Waals surface area (Å²) in [6, 6.07) is 9.77. The van der Waals surface area contributed by atoms with Crippen LogP contribution in [0.4, 0.5) is 4.39 Å². The molecule has 6 nitrogen and oxygen atoms in total. The van der Waals surface area contributed by atoms with Crippen molar-refractivity contribution in [2.24, 2.45) is 11.0 Å². The van der Waals surface area contributed by atoms with Gasteiger partial charge >= 0.3 is 0 Å². The van der Waals surface area contributed by atoms with Crippen molar-refractivity contribution in [2.45, 2.75) is 31.7 Å². The van der Waals surface area contributed by atoms with Crippen molar-refractivity contribution in [1.29, 1.82) is 0 Å². The third kappa shape index (κ3) is 4.85. The molecule has 1 aromatic carbocycles. The van der Waals surface area contributed by atoms with Crippen LogP contribution >= 0.6 is 11.3 Å². The number of carbonyl (C=O) groups is 2. The second-order valence-corrected chi connectivity index (χ2v) is 8.86. The number of amides is 2. The summed E-state index contributed by atoms with van der Waals surface area (Å²) in [5.74, 6) is -0.557. The van der Waals surface area contributed by atoms with Gasteiger partial charge in [0.15, 0.2) is 0 Å². The Morgan fingerprint density at radius 2 is 2.03 bits per heavy atom. The van der Waals surface area contributed by atoms with Crippen molar-refractivity contribution in [2.75, 3.05) is 26.8 Å². The average Bonchev–Trinajstić information content (AvgIpc) is 3.40. The number of methoxy groups -OCH3 is 1. The van der Waals surface area contributed by atoms with E-state index in [0.717, 1.165) is 35.4 Å². The molecule has 8 heteroatoms. The van der Waals surface area contributed by atoms with Gasteiger partial charge in [-0.25, -0.2) is 9.40 Å². The van der Waals surface area contributed by atoms with Gasteiger partial charge < -0.3 is 9.64 Å². The first-order valence-electron chi connectivity index (χ1n) is 10.5. The van der Waals surface area contributed by atoms with Crippen molar-refractivity contribution in [3.63, 3.8) is 0 Å². The highest BCUT2D eigenvalue weighted by Gasteiger charge is 2.36. The van der Waals surface area contributed by atoms with Gasteiger partial charge in [0.25, 0.3) is 5.91 Å². The SMILES string of the molecule is COCCN(CC(=O)N1N=C(c2cccs2)CC1c1ccc(F)cc1)C(=O)C1CCC1. The molecular weight excluding hydrogens is 417 g/mol. The van der Waals surface area contributed by atoms with Crippen LogP contribution in [0.1, 0.15) is 42.2 Å². The van der Waals surface area contributed by atoms with Gasteiger partial charge in [-0.1, -0.05) is 24.6 Å². The molecule has 1 unspecified atom stereocenters. The van der Waals surface area contributed by atoms with E-state index in [1.165, 1.54) is 17.1 Å². The Morgan fingerprint density at radius 1 is 1.26 bits per heavy atom. The average molecular weight is 444 g/mol. The summed E-state index contributed by atoms with van der Waals surface area (Å²) in [7, 11) is 1.58. The third-order valence-corrected chi connectivity index (χ3v) is 6.80. The van der Waals surface area contributed by atoms with E-state index in [-0.39, 0.29) is 36.1 Å². The minimum atomic E-state index is -0.326. The lowest BCUT2D eigenvalue weighted by molar-refractivity contribution is -0.146. The van der Waals surface area contributed by atoms with E-state index in [1.807, 2.05) is 17.5 Å². The molecule has 1 aromatic heterocycles. The summed E-state index contributed by atoms with van der Waals surface area (Å²) in [5, 5.41) is 8.07. The fourth-order valence-electron chi connectivity index (χ4n) is 3.89. The van der Waals surface area contributed by atoms with Gasteiger partial charge in [0.05, 0.1) is 23.2 Å². The number of carbonyl (C=O) groups excluding carboxylic acids is 2. The van der Waals surface area contributed by atoms with E-state index in [9.17, 15) is 14.0 Å². The highest BCUT2D eigenvalue weighted by Crippen LogP contribution is 2.34. The van der Waals surface area contributed by atoms with Gasteiger partial charge in [-0.05, 0) is 42.0 Å². The molecule has 1 atom stereocenters. The second kappa shape index (κ2) is 9.70. The lowest BCUT2D eigenvalue weighted by Gasteiger charge is -2.32. The van der Waals surface area contributed by atoms with Crippen molar-refractivity contribution < 1.29 is 18.7 Å². The lowest BCUT2D eigenvalue weighted by atomic mass is 9.84. The molecule has 2 heterocycles. The monoisotopic (exact) mass is 443 g/mol. The van der Waals surface area contributed by atoms with Crippen LogP contribution in [0.2, 0.25) is 0 Å². The zero-order chi connectivity index (χ0) is 21.8. The summed E-state index contributed by atoms with van der Waals surface area (Å²) in [6.45, 7) is 0.697. The maximum atomic E-state index is 13.5. The molecule has 2 aliphatic rings. The minimum Gasteiger partial charge on any atom is -0.383 e. The second-order valence-electron chi connectivity index (χ2n) is 7.91. The van der Waals surface area contributed by atoms with E-state index in [0.29, 0.717) is 19.6 Å². The molecular formula is C23H26FN3O3S. The Hall–Kier alpha value is -2.58. The van der Waals surface area contributed by atoms with Crippen molar-refractivity contribution >= 4 is 28.9 Å². The smallest absolute Gasteiger partial charge is 0.262 e. The Labute approximate surface area is 185 Å². The number of hydrogen-bond donors (Lipinski definition) is 0. The van der Waals surface area contributed by atoms with Crippen LogP contribution in [0.25, 0.3) is 0 Å². The summed E-state index contributed by atoms with van der Waals surface area (Å²) < 4.78 is 18.6. The fraction of sp³-hybridized carbons (Fsp3) is 0.435. The number of rotatable bonds is 8. The van der Waals surface area contributed by atoms with Crippen LogP contribution < -0.4 is 0 Å². The van der Waals surface area contributed by atoms with Crippen molar-refractivity contribution in [3.05, 3.63) is 58.0 Å². The lowest BCUT2D eigenvalue weighted by Crippen LogP contribution is -2.46. The van der Waals surface area contributed by atoms with Gasteiger partial charge in [-0.3, -0.25) is 9.59 Å². The molecule has 2 amide bonds. The number of halogens is 1. The number of nitrogens with zero attached hydrogens (tertiary/aromatic N) is 3. The maximum absolute atomic E-state index is 13.5. The molecule has 31 heavy (non-hydrogen) atoms. The standard InChI is InChI=1S/C23H26FN3O3S/c1-30-12-11-26(23(29)17-4-2-5-17)15-22(28)27-20(16-7-9-18(24)10-8-16)14-19(25-27)21-6-3-13-31-21/h3,6-10,13,17,20H,2,4-5,11-12,14-15H2,1H3. The van der Waals surface area contributed by atoms with Gasteiger partial charge in [0.2, 0.25) is 5.91 Å². The predicted molar refractivity (Wildman–Crippen MR) is 117 cm³/mol. The molecule has 1 saturated carbocycles. The van der Waals surface area contributed by atoms with E-state index >= 15 is 0 Å². The Balaban J connectivity index is 1.56. The van der Waals surface area contributed by atoms with Crippen LogP contribution in [0.5, 0.6) is 0 Å². The highest BCUT2D eigenvalue weighted by molar-refractivity contribution is 7.12. The molecule has 1 fully saturated rings. The van der Waals surface area contributed by atoms with Crippen LogP contribution in [0.3, 0.4) is 0 Å². The number of hydrogen-bond acceptors (Lipinski definition) is 5. The van der Waals surface area contributed by atoms with Crippen LogP contribution in [0, 0.1) is 11.7 Å². The maximum Gasteiger partial charge on any atom is 0.262 e. The Kier molecular flexibility index (Phi) is 6.77. The summed E-state index contributed by atoms with van der Waals surface area (Å²) >= 11 is 1.57. The molecule has 0 saturated heterocycles. The van der Waals surface area contributed by atoms with Gasteiger partial charge in [0.1, 0.15) is 12.4 Å². The normalized spacial score (nSPS) is 18.6. The number of hydrazone groups is 1. The minimum absolute atomic E-state index is 0.00121. The van der Waals surface area contributed by atoms with Gasteiger partial charge in [0, 0.05) is 26.0 Å². The predicted octanol–water partition coefficient (Wildman–Crippen LogP) is 3.84.